The summed E-state index contributed by atoms with van der Waals surface area (Å²) in [4.78, 5) is 0. The fraction of sp³-hybridized carbons (Fsp3) is 0.467. The molecule has 2 aliphatic carbocycles. The SMILES string of the molecule is C=CCCC=C.CC=C1CC2C=CC1C2. The smallest absolute Gasteiger partial charge is 0.00174 e. The van der Waals surface area contributed by atoms with E-state index < -0.39 is 0 Å². The van der Waals surface area contributed by atoms with Crippen molar-refractivity contribution in [2.75, 3.05) is 0 Å². The molecule has 0 saturated heterocycles. The predicted octanol–water partition coefficient (Wildman–Crippen LogP) is 4.67. The Morgan fingerprint density at radius 1 is 1.27 bits per heavy atom. The summed E-state index contributed by atoms with van der Waals surface area (Å²) in [5, 5.41) is 0. The van der Waals surface area contributed by atoms with Crippen LogP contribution in [-0.2, 0) is 0 Å². The average molecular weight is 202 g/mol. The van der Waals surface area contributed by atoms with Gasteiger partial charge in [-0.3, -0.25) is 0 Å². The van der Waals surface area contributed by atoms with Crippen LogP contribution in [0.1, 0.15) is 32.6 Å². The van der Waals surface area contributed by atoms with Crippen LogP contribution in [0.4, 0.5) is 0 Å². The number of allylic oxidation sites excluding steroid dienone is 6. The van der Waals surface area contributed by atoms with Crippen molar-refractivity contribution in [2.24, 2.45) is 11.8 Å². The molecule has 0 aromatic heterocycles. The molecule has 1 saturated carbocycles. The summed E-state index contributed by atoms with van der Waals surface area (Å²) >= 11 is 0. The number of rotatable bonds is 3. The van der Waals surface area contributed by atoms with Crippen LogP contribution in [0.15, 0.2) is 49.1 Å². The Hall–Kier alpha value is -1.04. The lowest BCUT2D eigenvalue weighted by Gasteiger charge is -2.05. The lowest BCUT2D eigenvalue weighted by molar-refractivity contribution is 0.693. The van der Waals surface area contributed by atoms with Crippen LogP contribution >= 0.6 is 0 Å². The highest BCUT2D eigenvalue weighted by Gasteiger charge is 2.29. The molecule has 0 nitrogen and oxygen atoms in total. The van der Waals surface area contributed by atoms with Gasteiger partial charge in [-0.1, -0.05) is 36.0 Å². The Bertz CT molecular complexity index is 260. The van der Waals surface area contributed by atoms with Gasteiger partial charge in [0.25, 0.3) is 0 Å². The molecule has 0 aromatic rings. The molecule has 2 aliphatic rings. The first kappa shape index (κ1) is 12.0. The van der Waals surface area contributed by atoms with Gasteiger partial charge in [0.15, 0.2) is 0 Å². The van der Waals surface area contributed by atoms with Crippen molar-refractivity contribution < 1.29 is 0 Å². The van der Waals surface area contributed by atoms with Crippen LogP contribution in [0.3, 0.4) is 0 Å². The molecule has 0 heterocycles. The van der Waals surface area contributed by atoms with Crippen molar-refractivity contribution in [1.29, 1.82) is 0 Å². The zero-order valence-electron chi connectivity index (χ0n) is 9.78. The molecule has 0 N–H and O–H groups in total. The van der Waals surface area contributed by atoms with E-state index in [4.69, 9.17) is 0 Å². The van der Waals surface area contributed by atoms with Crippen molar-refractivity contribution in [2.45, 2.75) is 32.6 Å². The first-order valence-corrected chi connectivity index (χ1v) is 5.87. The third-order valence-electron chi connectivity index (χ3n) is 3.09. The fourth-order valence-electron chi connectivity index (χ4n) is 2.22. The van der Waals surface area contributed by atoms with Gasteiger partial charge in [-0.15, -0.1) is 13.2 Å². The van der Waals surface area contributed by atoms with Gasteiger partial charge >= 0.3 is 0 Å². The van der Waals surface area contributed by atoms with Crippen LogP contribution in [0.2, 0.25) is 0 Å². The van der Waals surface area contributed by atoms with E-state index in [0.29, 0.717) is 0 Å². The second kappa shape index (κ2) is 6.44. The molecule has 0 radical (unpaired) electrons. The normalized spacial score (nSPS) is 28.7. The van der Waals surface area contributed by atoms with Crippen molar-refractivity contribution in [3.63, 3.8) is 0 Å². The van der Waals surface area contributed by atoms with Crippen molar-refractivity contribution in [3.8, 4) is 0 Å². The van der Waals surface area contributed by atoms with Crippen LogP contribution in [0, 0.1) is 11.8 Å². The number of hydrogen-bond acceptors (Lipinski definition) is 0. The van der Waals surface area contributed by atoms with Gasteiger partial charge in [-0.05, 0) is 44.4 Å². The van der Waals surface area contributed by atoms with Crippen LogP contribution in [0.25, 0.3) is 0 Å². The number of fused-ring (bicyclic) bond motifs is 2. The number of hydrogen-bond donors (Lipinski definition) is 0. The predicted molar refractivity (Wildman–Crippen MR) is 68.7 cm³/mol. The monoisotopic (exact) mass is 202 g/mol. The lowest BCUT2D eigenvalue weighted by atomic mass is 10.0. The van der Waals surface area contributed by atoms with Crippen LogP contribution in [-0.4, -0.2) is 0 Å². The molecule has 15 heavy (non-hydrogen) atoms. The van der Waals surface area contributed by atoms with Crippen LogP contribution < -0.4 is 0 Å². The lowest BCUT2D eigenvalue weighted by Crippen LogP contribution is -1.90. The molecule has 2 unspecified atom stereocenters. The van der Waals surface area contributed by atoms with Crippen molar-refractivity contribution in [3.05, 3.63) is 49.1 Å². The van der Waals surface area contributed by atoms with E-state index in [1.54, 1.807) is 5.57 Å². The fourth-order valence-corrected chi connectivity index (χ4v) is 2.22. The first-order valence-electron chi connectivity index (χ1n) is 5.87. The minimum atomic E-state index is 0.833. The van der Waals surface area contributed by atoms with Gasteiger partial charge in [0, 0.05) is 0 Å². The minimum absolute atomic E-state index is 0.833. The van der Waals surface area contributed by atoms with Gasteiger partial charge in [0.05, 0.1) is 0 Å². The molecular weight excluding hydrogens is 180 g/mol. The summed E-state index contributed by atoms with van der Waals surface area (Å²) < 4.78 is 0. The van der Waals surface area contributed by atoms with Crippen LogP contribution in [0.5, 0.6) is 0 Å². The summed E-state index contributed by atoms with van der Waals surface area (Å²) in [6.45, 7) is 9.26. The minimum Gasteiger partial charge on any atom is -0.103 e. The Labute approximate surface area is 94.1 Å². The molecule has 2 bridgehead atoms. The summed E-state index contributed by atoms with van der Waals surface area (Å²) in [5.41, 5.74) is 1.67. The van der Waals surface area contributed by atoms with E-state index in [2.05, 4.69) is 38.3 Å². The highest BCUT2D eigenvalue weighted by molar-refractivity contribution is 5.26. The average Bonchev–Trinajstić information content (AvgIpc) is 2.88. The maximum atomic E-state index is 3.55. The summed E-state index contributed by atoms with van der Waals surface area (Å²) in [6.07, 6.45) is 15.7. The van der Waals surface area contributed by atoms with Gasteiger partial charge < -0.3 is 0 Å². The first-order chi connectivity index (χ1) is 7.31. The van der Waals surface area contributed by atoms with E-state index in [9.17, 15) is 0 Å². The summed E-state index contributed by atoms with van der Waals surface area (Å²) in [7, 11) is 0. The van der Waals surface area contributed by atoms with E-state index in [-0.39, 0.29) is 0 Å². The zero-order valence-corrected chi connectivity index (χ0v) is 9.78. The highest BCUT2D eigenvalue weighted by atomic mass is 14.3. The van der Waals surface area contributed by atoms with Gasteiger partial charge in [-0.2, -0.15) is 0 Å². The molecule has 2 atom stereocenters. The Kier molecular flexibility index (Phi) is 5.17. The van der Waals surface area contributed by atoms with E-state index in [0.717, 1.165) is 24.7 Å². The molecular formula is C15H22. The summed E-state index contributed by atoms with van der Waals surface area (Å²) in [5.74, 6) is 1.74. The van der Waals surface area contributed by atoms with E-state index in [1.807, 2.05) is 12.2 Å². The standard InChI is InChI=1S/C9H12.C6H10/c1-2-8-5-7-3-4-9(8)6-7;1-3-5-6-4-2/h2-4,7,9H,5-6H2,1H3;3-4H,1-2,5-6H2. The molecule has 0 heteroatoms. The van der Waals surface area contributed by atoms with E-state index in [1.165, 1.54) is 12.8 Å². The molecule has 82 valence electrons. The molecule has 1 fully saturated rings. The quantitative estimate of drug-likeness (QED) is 0.461. The largest absolute Gasteiger partial charge is 0.103 e. The van der Waals surface area contributed by atoms with Gasteiger partial charge in [0.2, 0.25) is 0 Å². The van der Waals surface area contributed by atoms with E-state index >= 15 is 0 Å². The van der Waals surface area contributed by atoms with Gasteiger partial charge in [-0.25, -0.2) is 0 Å². The van der Waals surface area contributed by atoms with Gasteiger partial charge in [0.1, 0.15) is 0 Å². The Morgan fingerprint density at radius 2 is 1.93 bits per heavy atom. The van der Waals surface area contributed by atoms with Crippen molar-refractivity contribution in [1.82, 2.24) is 0 Å². The zero-order chi connectivity index (χ0) is 11.1. The second-order valence-corrected chi connectivity index (χ2v) is 4.21. The third-order valence-corrected chi connectivity index (χ3v) is 3.09. The molecule has 0 aliphatic heterocycles. The molecule has 0 amide bonds. The topological polar surface area (TPSA) is 0 Å². The van der Waals surface area contributed by atoms with Crippen molar-refractivity contribution >= 4 is 0 Å². The maximum absolute atomic E-state index is 3.55. The number of unbranched alkanes of at least 4 members (excludes halogenated alkanes) is 1. The second-order valence-electron chi connectivity index (χ2n) is 4.21. The molecule has 0 spiro atoms. The molecule has 2 rings (SSSR count). The maximum Gasteiger partial charge on any atom is -0.00174 e. The molecule has 0 aromatic carbocycles. The Morgan fingerprint density at radius 3 is 2.20 bits per heavy atom. The summed E-state index contributed by atoms with van der Waals surface area (Å²) in [6, 6.07) is 0. The highest BCUT2D eigenvalue weighted by Crippen LogP contribution is 2.42. The Balaban J connectivity index is 0.000000167. The third kappa shape index (κ3) is 3.54.